The maximum Gasteiger partial charge on any atom is 0.330 e. The first-order chi connectivity index (χ1) is 16.1. The van der Waals surface area contributed by atoms with Crippen LogP contribution in [0.3, 0.4) is 0 Å². The highest BCUT2D eigenvalue weighted by Crippen LogP contribution is 2.50. The summed E-state index contributed by atoms with van der Waals surface area (Å²) in [6.07, 6.45) is 3.94. The molecule has 2 aliphatic heterocycles. The van der Waals surface area contributed by atoms with E-state index in [0.29, 0.717) is 19.0 Å². The molecule has 33 heavy (non-hydrogen) atoms. The van der Waals surface area contributed by atoms with E-state index in [9.17, 15) is 9.59 Å². The van der Waals surface area contributed by atoms with E-state index in [-0.39, 0.29) is 37.4 Å². The van der Waals surface area contributed by atoms with Gasteiger partial charge in [-0.15, -0.1) is 0 Å². The van der Waals surface area contributed by atoms with Crippen LogP contribution in [0.15, 0.2) is 42.5 Å². The number of esters is 2. The third-order valence-electron chi connectivity index (χ3n) is 5.30. The van der Waals surface area contributed by atoms with Crippen LogP contribution in [0.4, 0.5) is 0 Å². The molecule has 0 saturated heterocycles. The van der Waals surface area contributed by atoms with Gasteiger partial charge in [-0.2, -0.15) is 0 Å². The highest BCUT2D eigenvalue weighted by molar-refractivity contribution is 5.87. The smallest absolute Gasteiger partial charge is 0.330 e. The van der Waals surface area contributed by atoms with Gasteiger partial charge in [0, 0.05) is 6.08 Å². The summed E-state index contributed by atoms with van der Waals surface area (Å²) in [5.74, 6) is 2.85. The van der Waals surface area contributed by atoms with Gasteiger partial charge in [-0.05, 0) is 67.7 Å². The quantitative estimate of drug-likeness (QED) is 0.477. The largest absolute Gasteiger partial charge is 0.466 e. The Bertz CT molecular complexity index is 1040. The molecule has 2 aromatic carbocycles. The predicted octanol–water partition coefficient (Wildman–Crippen LogP) is 4.07. The molecule has 0 bridgehead atoms. The monoisotopic (exact) mass is 454 g/mol. The van der Waals surface area contributed by atoms with Gasteiger partial charge < -0.3 is 28.4 Å². The number of fused-ring (bicyclic) bond motifs is 2. The first-order valence-electron chi connectivity index (χ1n) is 10.9. The van der Waals surface area contributed by atoms with Crippen LogP contribution in [0, 0.1) is 5.92 Å². The van der Waals surface area contributed by atoms with E-state index in [1.54, 1.807) is 13.0 Å². The molecule has 1 saturated carbocycles. The van der Waals surface area contributed by atoms with Gasteiger partial charge in [-0.25, -0.2) is 4.79 Å². The molecule has 2 atom stereocenters. The molecular weight excluding hydrogens is 428 g/mol. The molecule has 0 amide bonds. The van der Waals surface area contributed by atoms with Crippen LogP contribution >= 0.6 is 0 Å². The Hall–Kier alpha value is -3.68. The molecule has 0 N–H and O–H groups in total. The van der Waals surface area contributed by atoms with Gasteiger partial charge in [-0.1, -0.05) is 12.1 Å². The maximum absolute atomic E-state index is 11.5. The molecule has 1 aliphatic carbocycles. The van der Waals surface area contributed by atoms with E-state index in [1.807, 2.05) is 43.3 Å². The second kappa shape index (κ2) is 10.3. The van der Waals surface area contributed by atoms with Crippen LogP contribution in [0.1, 0.15) is 37.3 Å². The lowest BCUT2D eigenvalue weighted by molar-refractivity contribution is -0.144. The fourth-order valence-corrected chi connectivity index (χ4v) is 3.59. The average molecular weight is 454 g/mol. The van der Waals surface area contributed by atoms with Gasteiger partial charge in [0.25, 0.3) is 0 Å². The van der Waals surface area contributed by atoms with E-state index in [2.05, 4.69) is 0 Å². The molecule has 0 unspecified atom stereocenters. The SMILES string of the molecule is CCOC(=O)/C=C/c1ccc2c(c1)OCO2.CCOC(=O)[C@@H]1C[C@H]1c1ccc2c(c1)OCO2. The van der Waals surface area contributed by atoms with E-state index in [1.165, 1.54) is 6.08 Å². The minimum absolute atomic E-state index is 0.0234. The van der Waals surface area contributed by atoms with Crippen LogP contribution in [0.2, 0.25) is 0 Å². The molecule has 0 radical (unpaired) electrons. The summed E-state index contributed by atoms with van der Waals surface area (Å²) in [7, 11) is 0. The third kappa shape index (κ3) is 5.58. The number of benzene rings is 2. The van der Waals surface area contributed by atoms with Crippen LogP contribution in [0.25, 0.3) is 6.08 Å². The zero-order valence-electron chi connectivity index (χ0n) is 18.6. The van der Waals surface area contributed by atoms with Crippen molar-refractivity contribution < 1.29 is 38.0 Å². The number of hydrogen-bond acceptors (Lipinski definition) is 8. The van der Waals surface area contributed by atoms with Crippen molar-refractivity contribution in [2.75, 3.05) is 26.8 Å². The van der Waals surface area contributed by atoms with Gasteiger partial charge in [-0.3, -0.25) is 4.79 Å². The van der Waals surface area contributed by atoms with Crippen molar-refractivity contribution in [3.8, 4) is 23.0 Å². The van der Waals surface area contributed by atoms with Crippen molar-refractivity contribution >= 4 is 18.0 Å². The fraction of sp³-hybridized carbons (Fsp3) is 0.360. The molecule has 5 rings (SSSR count). The van der Waals surface area contributed by atoms with Gasteiger partial charge in [0.2, 0.25) is 13.6 Å². The highest BCUT2D eigenvalue weighted by atomic mass is 16.7. The summed E-state index contributed by atoms with van der Waals surface area (Å²) in [5.41, 5.74) is 2.00. The summed E-state index contributed by atoms with van der Waals surface area (Å²) in [5, 5.41) is 0. The Kier molecular flexibility index (Phi) is 7.02. The van der Waals surface area contributed by atoms with Crippen LogP contribution in [-0.2, 0) is 19.1 Å². The van der Waals surface area contributed by atoms with E-state index in [0.717, 1.165) is 34.8 Å². The number of carbonyl (C=O) groups is 2. The molecule has 8 nitrogen and oxygen atoms in total. The molecule has 2 aromatic rings. The summed E-state index contributed by atoms with van der Waals surface area (Å²) >= 11 is 0. The number of hydrogen-bond donors (Lipinski definition) is 0. The van der Waals surface area contributed by atoms with Crippen molar-refractivity contribution in [2.24, 2.45) is 5.92 Å². The number of ether oxygens (including phenoxy) is 6. The summed E-state index contributed by atoms with van der Waals surface area (Å²) in [6, 6.07) is 11.3. The topological polar surface area (TPSA) is 89.5 Å². The number of rotatable bonds is 6. The summed E-state index contributed by atoms with van der Waals surface area (Å²) < 4.78 is 30.8. The number of carbonyl (C=O) groups excluding carboxylic acids is 2. The molecule has 0 spiro atoms. The Morgan fingerprint density at radius 2 is 1.52 bits per heavy atom. The lowest BCUT2D eigenvalue weighted by Crippen LogP contribution is -2.07. The van der Waals surface area contributed by atoms with Crippen molar-refractivity contribution in [1.82, 2.24) is 0 Å². The summed E-state index contributed by atoms with van der Waals surface area (Å²) in [6.45, 7) is 4.96. The first kappa shape index (κ1) is 22.5. The summed E-state index contributed by atoms with van der Waals surface area (Å²) in [4.78, 5) is 22.6. The lowest BCUT2D eigenvalue weighted by Gasteiger charge is -2.03. The van der Waals surface area contributed by atoms with Crippen molar-refractivity contribution in [3.05, 3.63) is 53.6 Å². The van der Waals surface area contributed by atoms with Gasteiger partial charge in [0.05, 0.1) is 19.1 Å². The van der Waals surface area contributed by atoms with Gasteiger partial charge in [0.15, 0.2) is 23.0 Å². The zero-order valence-corrected chi connectivity index (χ0v) is 18.6. The van der Waals surface area contributed by atoms with Crippen LogP contribution in [-0.4, -0.2) is 38.7 Å². The molecule has 8 heteroatoms. The molecule has 0 aromatic heterocycles. The van der Waals surface area contributed by atoms with E-state index >= 15 is 0 Å². The fourth-order valence-electron chi connectivity index (χ4n) is 3.59. The second-order valence-electron chi connectivity index (χ2n) is 7.51. The molecule has 2 heterocycles. The average Bonchev–Trinajstić information content (AvgIpc) is 3.25. The lowest BCUT2D eigenvalue weighted by atomic mass is 10.1. The molecule has 174 valence electrons. The van der Waals surface area contributed by atoms with E-state index in [4.69, 9.17) is 28.4 Å². The van der Waals surface area contributed by atoms with Crippen LogP contribution in [0.5, 0.6) is 23.0 Å². The van der Waals surface area contributed by atoms with Gasteiger partial charge in [0.1, 0.15) is 0 Å². The molecule has 1 fully saturated rings. The zero-order chi connectivity index (χ0) is 23.2. The highest BCUT2D eigenvalue weighted by Gasteiger charge is 2.45. The van der Waals surface area contributed by atoms with Crippen LogP contribution < -0.4 is 18.9 Å². The standard InChI is InChI=1S/C13H14O4.C12H12O4/c1-2-15-13(14)10-6-9(10)8-3-4-11-12(5-8)17-7-16-11;1-2-14-12(13)6-4-9-3-5-10-11(7-9)16-8-15-10/h3-5,9-10H,2,6-7H2,1H3;3-7H,2,8H2,1H3/b;6-4+/t9-,10+;/m0./s1. The van der Waals surface area contributed by atoms with Crippen molar-refractivity contribution in [3.63, 3.8) is 0 Å². The van der Waals surface area contributed by atoms with Crippen molar-refractivity contribution in [2.45, 2.75) is 26.2 Å². The molecular formula is C25H26O8. The minimum atomic E-state index is -0.347. The Balaban J connectivity index is 0.000000157. The Morgan fingerprint density at radius 3 is 2.21 bits per heavy atom. The normalized spacial score (nSPS) is 19.0. The second-order valence-corrected chi connectivity index (χ2v) is 7.51. The van der Waals surface area contributed by atoms with Crippen molar-refractivity contribution in [1.29, 1.82) is 0 Å². The molecule has 3 aliphatic rings. The third-order valence-corrected chi connectivity index (χ3v) is 5.30. The van der Waals surface area contributed by atoms with Gasteiger partial charge >= 0.3 is 11.9 Å². The maximum atomic E-state index is 11.5. The van der Waals surface area contributed by atoms with E-state index < -0.39 is 0 Å². The Morgan fingerprint density at radius 1 is 0.879 bits per heavy atom. The first-order valence-corrected chi connectivity index (χ1v) is 10.9. The minimum Gasteiger partial charge on any atom is -0.466 e. The predicted molar refractivity (Wildman–Crippen MR) is 118 cm³/mol. The Labute approximate surface area is 192 Å².